The fourth-order valence-electron chi connectivity index (χ4n) is 3.93. The van der Waals surface area contributed by atoms with E-state index in [1.807, 2.05) is 18.2 Å². The van der Waals surface area contributed by atoms with Crippen molar-refractivity contribution in [2.24, 2.45) is 5.92 Å². The summed E-state index contributed by atoms with van der Waals surface area (Å²) in [5.74, 6) is 0.532. The zero-order valence-corrected chi connectivity index (χ0v) is 21.3. The molecule has 0 unspecified atom stereocenters. The van der Waals surface area contributed by atoms with E-state index in [0.29, 0.717) is 22.5 Å². The fourth-order valence-corrected chi connectivity index (χ4v) is 5.07. The highest BCUT2D eigenvalue weighted by atomic mass is 32.2. The number of nitriles is 1. The first kappa shape index (κ1) is 25.3. The quantitative estimate of drug-likeness (QED) is 0.317. The highest BCUT2D eigenvalue weighted by molar-refractivity contribution is 7.93. The number of hydrogen-bond acceptors (Lipinski definition) is 8. The van der Waals surface area contributed by atoms with Gasteiger partial charge in [0, 0.05) is 25.2 Å². The number of allylic oxidation sites excluding steroid dienone is 2. The summed E-state index contributed by atoms with van der Waals surface area (Å²) < 4.78 is 49.3. The van der Waals surface area contributed by atoms with Gasteiger partial charge in [0.2, 0.25) is 0 Å². The van der Waals surface area contributed by atoms with Crippen LogP contribution in [0.15, 0.2) is 65.8 Å². The molecule has 2 heterocycles. The van der Waals surface area contributed by atoms with E-state index in [-0.39, 0.29) is 41.0 Å². The molecule has 1 aliphatic rings. The van der Waals surface area contributed by atoms with Crippen LogP contribution < -0.4 is 10.5 Å². The van der Waals surface area contributed by atoms with E-state index in [1.54, 1.807) is 24.3 Å². The van der Waals surface area contributed by atoms with Crippen LogP contribution in [0.1, 0.15) is 12.8 Å². The first-order chi connectivity index (χ1) is 18.3. The lowest BCUT2D eigenvalue weighted by Gasteiger charge is -2.16. The molecule has 1 aliphatic carbocycles. The number of nitrogens with two attached hydrogens (primary N) is 1. The molecule has 38 heavy (non-hydrogen) atoms. The number of halogens is 1. The zero-order chi connectivity index (χ0) is 26.9. The molecule has 0 amide bonds. The minimum Gasteiger partial charge on any atom is -0.457 e. The van der Waals surface area contributed by atoms with Crippen molar-refractivity contribution in [1.29, 1.82) is 5.26 Å². The first-order valence-corrected chi connectivity index (χ1v) is 13.3. The van der Waals surface area contributed by atoms with Gasteiger partial charge in [-0.05, 0) is 43.0 Å². The van der Waals surface area contributed by atoms with E-state index < -0.39 is 15.8 Å². The molecule has 0 aliphatic heterocycles. The number of sulfonamides is 1. The van der Waals surface area contributed by atoms with Gasteiger partial charge in [-0.15, -0.1) is 0 Å². The summed E-state index contributed by atoms with van der Waals surface area (Å²) in [6.07, 6.45) is 4.53. The maximum absolute atomic E-state index is 15.3. The molecule has 2 aromatic heterocycles. The second kappa shape index (κ2) is 10.2. The predicted octanol–water partition coefficient (Wildman–Crippen LogP) is 4.09. The topological polar surface area (TPSA) is 140 Å². The summed E-state index contributed by atoms with van der Waals surface area (Å²) in [4.78, 5) is 8.03. The maximum atomic E-state index is 15.3. The SMILES string of the molecule is CN(CCn1nc(-c2ccc(Oc3ccccc3)cc2F)c2c(N)ncnc21)S(=O)(=O)/C(C#N)=C/C1CC1. The molecule has 194 valence electrons. The molecule has 2 N–H and O–H groups in total. The molecule has 10 nitrogen and oxygen atoms in total. The van der Waals surface area contributed by atoms with Crippen LogP contribution in [0.25, 0.3) is 22.3 Å². The van der Waals surface area contributed by atoms with E-state index in [0.717, 1.165) is 17.1 Å². The number of hydrogen-bond donors (Lipinski definition) is 1. The van der Waals surface area contributed by atoms with Gasteiger partial charge >= 0.3 is 0 Å². The number of aromatic nitrogens is 4. The van der Waals surface area contributed by atoms with Crippen molar-refractivity contribution in [3.05, 3.63) is 71.7 Å². The van der Waals surface area contributed by atoms with Crippen LogP contribution in [0.4, 0.5) is 10.2 Å². The summed E-state index contributed by atoms with van der Waals surface area (Å²) in [5.41, 5.74) is 6.84. The lowest BCUT2D eigenvalue weighted by molar-refractivity contribution is 0.441. The standard InChI is InChI=1S/C26H24FN7O3S/c1-33(38(35,36)20(15-28)13-17-7-8-17)11-12-34-26-23(25(29)30-16-31-26)24(32-34)21-10-9-19(14-22(21)27)37-18-5-3-2-4-6-18/h2-6,9-10,13-14,16-17H,7-8,11-12H2,1H3,(H2,29,30,31)/b20-13+. The van der Waals surface area contributed by atoms with Crippen molar-refractivity contribution in [3.63, 3.8) is 0 Å². The van der Waals surface area contributed by atoms with Gasteiger partial charge in [0.25, 0.3) is 10.0 Å². The lowest BCUT2D eigenvalue weighted by Crippen LogP contribution is -2.31. The number of fused-ring (bicyclic) bond motifs is 1. The summed E-state index contributed by atoms with van der Waals surface area (Å²) in [5, 5.41) is 14.3. The first-order valence-electron chi connectivity index (χ1n) is 11.9. The third-order valence-corrected chi connectivity index (χ3v) is 7.95. The number of likely N-dealkylation sites (N-methyl/N-ethyl adjacent to an activating group) is 1. The second-order valence-corrected chi connectivity index (χ2v) is 10.9. The average molecular weight is 534 g/mol. The molecule has 12 heteroatoms. The molecular weight excluding hydrogens is 509 g/mol. The molecular formula is C26H24FN7O3S. The van der Waals surface area contributed by atoms with Crippen LogP contribution in [0, 0.1) is 23.1 Å². The Balaban J connectivity index is 1.43. The minimum atomic E-state index is -3.96. The predicted molar refractivity (Wildman–Crippen MR) is 140 cm³/mol. The monoisotopic (exact) mass is 533 g/mol. The fraction of sp³-hybridized carbons (Fsp3) is 0.231. The number of benzene rings is 2. The van der Waals surface area contributed by atoms with Crippen LogP contribution >= 0.6 is 0 Å². The molecule has 0 bridgehead atoms. The van der Waals surface area contributed by atoms with Gasteiger partial charge in [-0.3, -0.25) is 0 Å². The molecule has 1 fully saturated rings. The Morgan fingerprint density at radius 3 is 2.68 bits per heavy atom. The normalized spacial score (nSPS) is 14.1. The van der Waals surface area contributed by atoms with E-state index in [1.165, 1.54) is 36.3 Å². The van der Waals surface area contributed by atoms with Crippen molar-refractivity contribution < 1.29 is 17.5 Å². The van der Waals surface area contributed by atoms with E-state index in [2.05, 4.69) is 15.1 Å². The Bertz CT molecular complexity index is 1680. The van der Waals surface area contributed by atoms with Gasteiger partial charge in [-0.1, -0.05) is 24.3 Å². The van der Waals surface area contributed by atoms with Crippen molar-refractivity contribution >= 4 is 26.9 Å². The molecule has 2 aromatic carbocycles. The molecule has 0 spiro atoms. The minimum absolute atomic E-state index is 0.00150. The smallest absolute Gasteiger partial charge is 0.252 e. The van der Waals surface area contributed by atoms with Crippen LogP contribution in [0.5, 0.6) is 11.5 Å². The number of ether oxygens (including phenoxy) is 1. The van der Waals surface area contributed by atoms with Gasteiger partial charge in [0.15, 0.2) is 10.6 Å². The van der Waals surface area contributed by atoms with E-state index in [4.69, 9.17) is 10.5 Å². The van der Waals surface area contributed by atoms with Gasteiger partial charge in [-0.25, -0.2) is 27.5 Å². The molecule has 0 atom stereocenters. The van der Waals surface area contributed by atoms with E-state index in [9.17, 15) is 13.7 Å². The van der Waals surface area contributed by atoms with Crippen molar-refractivity contribution in [2.45, 2.75) is 19.4 Å². The number of para-hydroxylation sites is 1. The van der Waals surface area contributed by atoms with Crippen molar-refractivity contribution in [3.8, 4) is 28.8 Å². The molecule has 0 radical (unpaired) electrons. The summed E-state index contributed by atoms with van der Waals surface area (Å²) in [6.45, 7) is 0.0835. The number of nitrogens with zero attached hydrogens (tertiary/aromatic N) is 6. The Hall–Kier alpha value is -4.34. The lowest BCUT2D eigenvalue weighted by atomic mass is 10.1. The Morgan fingerprint density at radius 1 is 1.24 bits per heavy atom. The summed E-state index contributed by atoms with van der Waals surface area (Å²) in [7, 11) is -2.56. The zero-order valence-electron chi connectivity index (χ0n) is 20.5. The molecule has 0 saturated heterocycles. The van der Waals surface area contributed by atoms with Crippen LogP contribution in [-0.2, 0) is 16.6 Å². The van der Waals surface area contributed by atoms with Crippen LogP contribution in [0.2, 0.25) is 0 Å². The van der Waals surface area contributed by atoms with Crippen LogP contribution in [-0.4, -0.2) is 46.1 Å². The molecule has 5 rings (SSSR count). The summed E-state index contributed by atoms with van der Waals surface area (Å²) in [6, 6.07) is 15.2. The Labute approximate surface area is 218 Å². The number of anilines is 1. The van der Waals surface area contributed by atoms with Crippen molar-refractivity contribution in [2.75, 3.05) is 19.3 Å². The third kappa shape index (κ3) is 5.06. The third-order valence-electron chi connectivity index (χ3n) is 6.17. The largest absolute Gasteiger partial charge is 0.457 e. The van der Waals surface area contributed by atoms with Crippen molar-refractivity contribution in [1.82, 2.24) is 24.1 Å². The number of rotatable bonds is 9. The van der Waals surface area contributed by atoms with Crippen LogP contribution in [0.3, 0.4) is 0 Å². The molecule has 4 aromatic rings. The second-order valence-electron chi connectivity index (χ2n) is 8.89. The molecule has 1 saturated carbocycles. The van der Waals surface area contributed by atoms with E-state index >= 15 is 4.39 Å². The highest BCUT2D eigenvalue weighted by Gasteiger charge is 2.28. The highest BCUT2D eigenvalue weighted by Crippen LogP contribution is 2.35. The Kier molecular flexibility index (Phi) is 6.79. The summed E-state index contributed by atoms with van der Waals surface area (Å²) >= 11 is 0. The average Bonchev–Trinajstić information content (AvgIpc) is 3.65. The van der Waals surface area contributed by atoms with Gasteiger partial charge in [0.1, 0.15) is 41.2 Å². The maximum Gasteiger partial charge on any atom is 0.252 e. The van der Waals surface area contributed by atoms with Gasteiger partial charge in [-0.2, -0.15) is 14.7 Å². The van der Waals surface area contributed by atoms with Gasteiger partial charge < -0.3 is 10.5 Å². The Morgan fingerprint density at radius 2 is 2.00 bits per heavy atom. The number of nitrogen functional groups attached to an aromatic ring is 1. The van der Waals surface area contributed by atoms with Gasteiger partial charge in [0.05, 0.1) is 11.9 Å².